The summed E-state index contributed by atoms with van der Waals surface area (Å²) in [6.45, 7) is 3.25. The van der Waals surface area contributed by atoms with Crippen LogP contribution in [0.2, 0.25) is 0 Å². The summed E-state index contributed by atoms with van der Waals surface area (Å²) in [6, 6.07) is 7.57. The summed E-state index contributed by atoms with van der Waals surface area (Å²) in [7, 11) is 0. The van der Waals surface area contributed by atoms with Crippen LogP contribution in [-0.4, -0.2) is 29.2 Å². The first-order valence-electron chi connectivity index (χ1n) is 7.29. The average molecular weight is 319 g/mol. The van der Waals surface area contributed by atoms with Crippen LogP contribution in [0.1, 0.15) is 21.0 Å². The standard InChI is InChI=1S/C16H21N3O2S/c1-12-10-19-15(22-12)7-9-18-16(21)17-8-6-13-2-4-14(11-20)5-3-13/h2-5,10,20H,6-9,11H2,1H3,(H2,17,18,21). The Labute approximate surface area is 134 Å². The minimum absolute atomic E-state index is 0.0551. The molecular weight excluding hydrogens is 298 g/mol. The van der Waals surface area contributed by atoms with Gasteiger partial charge in [-0.1, -0.05) is 24.3 Å². The lowest BCUT2D eigenvalue weighted by molar-refractivity contribution is 0.241. The number of carbonyl (C=O) groups excluding carboxylic acids is 1. The van der Waals surface area contributed by atoms with Crippen LogP contribution >= 0.6 is 11.3 Å². The van der Waals surface area contributed by atoms with Crippen molar-refractivity contribution in [3.63, 3.8) is 0 Å². The number of aliphatic hydroxyl groups is 1. The van der Waals surface area contributed by atoms with Gasteiger partial charge in [-0.3, -0.25) is 0 Å². The van der Waals surface area contributed by atoms with Gasteiger partial charge < -0.3 is 15.7 Å². The molecule has 5 nitrogen and oxygen atoms in total. The number of rotatable bonds is 7. The summed E-state index contributed by atoms with van der Waals surface area (Å²) in [5.41, 5.74) is 2.03. The van der Waals surface area contributed by atoms with Crippen LogP contribution < -0.4 is 10.6 Å². The Hall–Kier alpha value is -1.92. The molecule has 0 aliphatic heterocycles. The lowest BCUT2D eigenvalue weighted by Gasteiger charge is -2.07. The molecule has 0 unspecified atom stereocenters. The smallest absolute Gasteiger partial charge is 0.314 e. The molecule has 0 saturated carbocycles. The summed E-state index contributed by atoms with van der Waals surface area (Å²) in [5, 5.41) is 15.7. The molecule has 2 amide bonds. The van der Waals surface area contributed by atoms with Crippen molar-refractivity contribution in [2.24, 2.45) is 0 Å². The molecule has 2 rings (SSSR count). The zero-order valence-electron chi connectivity index (χ0n) is 12.6. The molecule has 2 aromatic rings. The van der Waals surface area contributed by atoms with E-state index in [2.05, 4.69) is 15.6 Å². The Morgan fingerprint density at radius 1 is 1.14 bits per heavy atom. The van der Waals surface area contributed by atoms with Gasteiger partial charge in [0.25, 0.3) is 0 Å². The Balaban J connectivity index is 1.60. The van der Waals surface area contributed by atoms with Crippen molar-refractivity contribution in [3.05, 3.63) is 51.5 Å². The third kappa shape index (κ3) is 5.46. The third-order valence-electron chi connectivity index (χ3n) is 3.20. The molecule has 0 aliphatic carbocycles. The quantitative estimate of drug-likeness (QED) is 0.731. The molecule has 1 heterocycles. The zero-order chi connectivity index (χ0) is 15.8. The number of amides is 2. The van der Waals surface area contributed by atoms with E-state index in [0.29, 0.717) is 13.1 Å². The van der Waals surface area contributed by atoms with Gasteiger partial charge >= 0.3 is 6.03 Å². The maximum absolute atomic E-state index is 11.7. The van der Waals surface area contributed by atoms with E-state index in [1.807, 2.05) is 37.4 Å². The van der Waals surface area contributed by atoms with E-state index >= 15 is 0 Å². The highest BCUT2D eigenvalue weighted by molar-refractivity contribution is 7.11. The third-order valence-corrected chi connectivity index (χ3v) is 4.17. The summed E-state index contributed by atoms with van der Waals surface area (Å²) in [4.78, 5) is 17.1. The molecule has 0 saturated heterocycles. The van der Waals surface area contributed by atoms with E-state index < -0.39 is 0 Å². The fourth-order valence-electron chi connectivity index (χ4n) is 1.99. The van der Waals surface area contributed by atoms with Gasteiger partial charge in [0.15, 0.2) is 0 Å². The summed E-state index contributed by atoms with van der Waals surface area (Å²) >= 11 is 1.66. The van der Waals surface area contributed by atoms with E-state index in [9.17, 15) is 4.79 Å². The number of carbonyl (C=O) groups is 1. The minimum Gasteiger partial charge on any atom is -0.392 e. The van der Waals surface area contributed by atoms with Crippen LogP contribution in [0.4, 0.5) is 4.79 Å². The molecule has 0 bridgehead atoms. The van der Waals surface area contributed by atoms with E-state index in [-0.39, 0.29) is 12.6 Å². The van der Waals surface area contributed by atoms with Gasteiger partial charge in [-0.25, -0.2) is 9.78 Å². The van der Waals surface area contributed by atoms with Gasteiger partial charge in [-0.15, -0.1) is 11.3 Å². The first-order valence-corrected chi connectivity index (χ1v) is 8.10. The molecule has 0 spiro atoms. The van der Waals surface area contributed by atoms with E-state index in [0.717, 1.165) is 29.0 Å². The number of aryl methyl sites for hydroxylation is 1. The zero-order valence-corrected chi connectivity index (χ0v) is 13.4. The molecule has 3 N–H and O–H groups in total. The fraction of sp³-hybridized carbons (Fsp3) is 0.375. The molecule has 1 aromatic heterocycles. The first kappa shape index (κ1) is 16.5. The van der Waals surface area contributed by atoms with Gasteiger partial charge in [-0.2, -0.15) is 0 Å². The number of hydrogen-bond donors (Lipinski definition) is 3. The molecule has 118 valence electrons. The molecule has 0 atom stereocenters. The Bertz CT molecular complexity index is 596. The molecule has 0 fully saturated rings. The van der Waals surface area contributed by atoms with Crippen LogP contribution in [0.15, 0.2) is 30.5 Å². The Morgan fingerprint density at radius 2 is 1.77 bits per heavy atom. The first-order chi connectivity index (χ1) is 10.7. The van der Waals surface area contributed by atoms with Crippen molar-refractivity contribution in [2.45, 2.75) is 26.4 Å². The van der Waals surface area contributed by atoms with Crippen molar-refractivity contribution in [1.82, 2.24) is 15.6 Å². The van der Waals surface area contributed by atoms with E-state index in [1.165, 1.54) is 4.88 Å². The normalized spacial score (nSPS) is 10.5. The van der Waals surface area contributed by atoms with Crippen LogP contribution in [0, 0.1) is 6.92 Å². The van der Waals surface area contributed by atoms with Gasteiger partial charge in [0, 0.05) is 30.6 Å². The largest absolute Gasteiger partial charge is 0.392 e. The van der Waals surface area contributed by atoms with Crippen molar-refractivity contribution in [1.29, 1.82) is 0 Å². The van der Waals surface area contributed by atoms with Gasteiger partial charge in [0.2, 0.25) is 0 Å². The topological polar surface area (TPSA) is 74.2 Å². The van der Waals surface area contributed by atoms with Crippen molar-refractivity contribution in [3.8, 4) is 0 Å². The molecule has 1 aromatic carbocycles. The number of aliphatic hydroxyl groups excluding tert-OH is 1. The number of hydrogen-bond acceptors (Lipinski definition) is 4. The van der Waals surface area contributed by atoms with Crippen molar-refractivity contribution < 1.29 is 9.90 Å². The maximum Gasteiger partial charge on any atom is 0.314 e. The highest BCUT2D eigenvalue weighted by atomic mass is 32.1. The number of thiazole rings is 1. The van der Waals surface area contributed by atoms with Crippen molar-refractivity contribution >= 4 is 17.4 Å². The Morgan fingerprint density at radius 3 is 2.36 bits per heavy atom. The number of aromatic nitrogens is 1. The second-order valence-electron chi connectivity index (χ2n) is 5.02. The predicted molar refractivity (Wildman–Crippen MR) is 88.0 cm³/mol. The number of urea groups is 1. The second-order valence-corrected chi connectivity index (χ2v) is 6.34. The second kappa shape index (κ2) is 8.51. The van der Waals surface area contributed by atoms with Gasteiger partial charge in [0.1, 0.15) is 0 Å². The van der Waals surface area contributed by atoms with Crippen LogP contribution in [0.25, 0.3) is 0 Å². The SMILES string of the molecule is Cc1cnc(CCNC(=O)NCCc2ccc(CO)cc2)s1. The number of nitrogens with one attached hydrogen (secondary N) is 2. The summed E-state index contributed by atoms with van der Waals surface area (Å²) in [6.07, 6.45) is 3.38. The van der Waals surface area contributed by atoms with Crippen LogP contribution in [0.5, 0.6) is 0 Å². The maximum atomic E-state index is 11.7. The molecular formula is C16H21N3O2S. The Kier molecular flexibility index (Phi) is 6.36. The molecule has 6 heteroatoms. The molecule has 0 aliphatic rings. The predicted octanol–water partition coefficient (Wildman–Crippen LogP) is 2.03. The molecule has 22 heavy (non-hydrogen) atoms. The highest BCUT2D eigenvalue weighted by Crippen LogP contribution is 2.10. The highest BCUT2D eigenvalue weighted by Gasteiger charge is 2.02. The lowest BCUT2D eigenvalue weighted by atomic mass is 10.1. The summed E-state index contributed by atoms with van der Waals surface area (Å²) in [5.74, 6) is 0. The average Bonchev–Trinajstić information content (AvgIpc) is 2.93. The van der Waals surface area contributed by atoms with E-state index in [4.69, 9.17) is 5.11 Å². The van der Waals surface area contributed by atoms with Gasteiger partial charge in [-0.05, 0) is 24.5 Å². The van der Waals surface area contributed by atoms with Crippen LogP contribution in [0.3, 0.4) is 0 Å². The fourth-order valence-corrected chi connectivity index (χ4v) is 2.78. The van der Waals surface area contributed by atoms with Crippen molar-refractivity contribution in [2.75, 3.05) is 13.1 Å². The minimum atomic E-state index is -0.153. The van der Waals surface area contributed by atoms with E-state index in [1.54, 1.807) is 11.3 Å². The number of benzene rings is 1. The summed E-state index contributed by atoms with van der Waals surface area (Å²) < 4.78 is 0. The van der Waals surface area contributed by atoms with Crippen LogP contribution in [-0.2, 0) is 19.4 Å². The monoisotopic (exact) mass is 319 g/mol. The van der Waals surface area contributed by atoms with Gasteiger partial charge in [0.05, 0.1) is 11.6 Å². The molecule has 0 radical (unpaired) electrons. The lowest BCUT2D eigenvalue weighted by Crippen LogP contribution is -2.37. The number of nitrogens with zero attached hydrogens (tertiary/aromatic N) is 1.